The van der Waals surface area contributed by atoms with Crippen LogP contribution in [0.15, 0.2) is 42.5 Å². The lowest BCUT2D eigenvalue weighted by molar-refractivity contribution is -0.145. The number of amides is 2. The van der Waals surface area contributed by atoms with E-state index in [9.17, 15) is 24.3 Å². The zero-order valence-corrected chi connectivity index (χ0v) is 25.3. The van der Waals surface area contributed by atoms with Crippen LogP contribution in [-0.4, -0.2) is 80.0 Å². The van der Waals surface area contributed by atoms with E-state index in [0.717, 1.165) is 18.5 Å². The number of nitrogens with one attached hydrogen (secondary N) is 3. The Morgan fingerprint density at radius 1 is 0.909 bits per heavy atom. The number of carboxylic acids is 2. The van der Waals surface area contributed by atoms with Crippen LogP contribution < -0.4 is 30.2 Å². The van der Waals surface area contributed by atoms with Crippen LogP contribution in [0.4, 0.5) is 0 Å². The van der Waals surface area contributed by atoms with Crippen molar-refractivity contribution in [2.75, 3.05) is 33.9 Å². The molecule has 2 amide bonds. The van der Waals surface area contributed by atoms with Crippen molar-refractivity contribution in [2.45, 2.75) is 63.5 Å². The number of carboxylic acid groups (broad SMARTS) is 2. The lowest BCUT2D eigenvalue weighted by Gasteiger charge is -2.23. The molecule has 2 atom stereocenters. The van der Waals surface area contributed by atoms with Crippen LogP contribution in [0, 0.1) is 5.92 Å². The van der Waals surface area contributed by atoms with Crippen LogP contribution in [-0.2, 0) is 20.8 Å². The molecule has 12 heteroatoms. The minimum Gasteiger partial charge on any atom is -0.493 e. The number of hydrogen-bond donors (Lipinski definition) is 5. The molecule has 0 unspecified atom stereocenters. The largest absolute Gasteiger partial charge is 0.493 e. The van der Waals surface area contributed by atoms with Crippen LogP contribution in [0.2, 0.25) is 0 Å². The molecule has 0 aliphatic heterocycles. The first-order chi connectivity index (χ1) is 21.2. The number of aliphatic carboxylic acids is 2. The lowest BCUT2D eigenvalue weighted by Crippen LogP contribution is -2.45. The maximum absolute atomic E-state index is 13.2. The molecule has 1 fully saturated rings. The van der Waals surface area contributed by atoms with Crippen LogP contribution in [0.5, 0.6) is 17.2 Å². The minimum atomic E-state index is -1.67. The van der Waals surface area contributed by atoms with Gasteiger partial charge in [0.05, 0.1) is 38.8 Å². The molecular weight excluding hydrogens is 570 g/mol. The van der Waals surface area contributed by atoms with E-state index >= 15 is 0 Å². The third-order valence-corrected chi connectivity index (χ3v) is 7.58. The van der Waals surface area contributed by atoms with E-state index < -0.39 is 36.4 Å². The van der Waals surface area contributed by atoms with Gasteiger partial charge in [-0.05, 0) is 30.9 Å². The Morgan fingerprint density at radius 3 is 2.23 bits per heavy atom. The summed E-state index contributed by atoms with van der Waals surface area (Å²) in [6, 6.07) is 10.2. The summed E-state index contributed by atoms with van der Waals surface area (Å²) < 4.78 is 16.7. The fourth-order valence-corrected chi connectivity index (χ4v) is 5.27. The summed E-state index contributed by atoms with van der Waals surface area (Å²) in [5, 5.41) is 27.0. The summed E-state index contributed by atoms with van der Waals surface area (Å²) in [5.74, 6) is -2.76. The van der Waals surface area contributed by atoms with Crippen molar-refractivity contribution in [3.63, 3.8) is 0 Å². The molecule has 0 saturated heterocycles. The van der Waals surface area contributed by atoms with Crippen molar-refractivity contribution in [1.29, 1.82) is 0 Å². The summed E-state index contributed by atoms with van der Waals surface area (Å²) in [6.45, 7) is 0.888. The van der Waals surface area contributed by atoms with Gasteiger partial charge < -0.3 is 40.4 Å². The Kier molecular flexibility index (Phi) is 13.8. The fraction of sp³-hybridized carbons (Fsp3) is 0.500. The maximum Gasteiger partial charge on any atom is 0.326 e. The number of benzene rings is 2. The predicted molar refractivity (Wildman–Crippen MR) is 162 cm³/mol. The van der Waals surface area contributed by atoms with Crippen molar-refractivity contribution in [3.8, 4) is 17.2 Å². The first kappa shape index (κ1) is 34.2. The van der Waals surface area contributed by atoms with Gasteiger partial charge in [-0.3, -0.25) is 14.4 Å². The first-order valence-corrected chi connectivity index (χ1v) is 14.9. The molecule has 12 nitrogen and oxygen atoms in total. The number of carbonyl (C=O) groups excluding carboxylic acids is 2. The Balaban J connectivity index is 1.73. The molecule has 1 aliphatic carbocycles. The SMILES string of the molecule is COc1cc(OC[C@@H](Cc2ccccc2)NC(=O)CNCCC2CCCCC2)c(C(=O)N[C@@H](CC(=O)O)C(=O)O)cc1OC. The van der Waals surface area contributed by atoms with Crippen LogP contribution in [0.3, 0.4) is 0 Å². The quantitative estimate of drug-likeness (QED) is 0.157. The van der Waals surface area contributed by atoms with E-state index in [2.05, 4.69) is 16.0 Å². The van der Waals surface area contributed by atoms with Gasteiger partial charge in [0.25, 0.3) is 5.91 Å². The van der Waals surface area contributed by atoms with E-state index in [-0.39, 0.29) is 41.9 Å². The number of rotatable bonds is 18. The number of hydrogen-bond acceptors (Lipinski definition) is 8. The Labute approximate surface area is 257 Å². The molecule has 0 aromatic heterocycles. The molecule has 5 N–H and O–H groups in total. The highest BCUT2D eigenvalue weighted by Crippen LogP contribution is 2.35. The van der Waals surface area contributed by atoms with Gasteiger partial charge in [0.1, 0.15) is 18.4 Å². The van der Waals surface area contributed by atoms with Crippen LogP contribution in [0.25, 0.3) is 0 Å². The predicted octanol–water partition coefficient (Wildman–Crippen LogP) is 3.03. The Bertz CT molecular complexity index is 1250. The normalized spacial score (nSPS) is 14.6. The molecule has 3 rings (SSSR count). The summed E-state index contributed by atoms with van der Waals surface area (Å²) in [6.07, 6.45) is 7.03. The highest BCUT2D eigenvalue weighted by atomic mass is 16.5. The topological polar surface area (TPSA) is 173 Å². The second-order valence-corrected chi connectivity index (χ2v) is 10.9. The number of methoxy groups -OCH3 is 2. The summed E-state index contributed by atoms with van der Waals surface area (Å²) in [5.41, 5.74) is 0.878. The van der Waals surface area contributed by atoms with Crippen molar-refractivity contribution in [3.05, 3.63) is 53.6 Å². The Morgan fingerprint density at radius 2 is 1.59 bits per heavy atom. The molecule has 0 spiro atoms. The standard InChI is InChI=1S/C32H43N3O9/c1-42-27-16-24(31(39)35-25(32(40)41)17-30(37)38)26(18-28(27)43-2)44-20-23(15-22-11-7-4-8-12-22)34-29(36)19-33-14-13-21-9-5-3-6-10-21/h4,7-8,11-12,16,18,21,23,25,33H,3,5-6,9-10,13-15,17,19-20H2,1-2H3,(H,34,36)(H,35,39)(H,37,38)(H,40,41)/t23-,25+/m1/s1. The van der Waals surface area contributed by atoms with Crippen molar-refractivity contribution >= 4 is 23.8 Å². The van der Waals surface area contributed by atoms with Gasteiger partial charge in [-0.15, -0.1) is 0 Å². The highest BCUT2D eigenvalue weighted by molar-refractivity contribution is 6.00. The molecule has 1 aliphatic rings. The van der Waals surface area contributed by atoms with Gasteiger partial charge >= 0.3 is 11.9 Å². The van der Waals surface area contributed by atoms with Gasteiger partial charge in [-0.25, -0.2) is 4.79 Å². The van der Waals surface area contributed by atoms with Gasteiger partial charge in [0.2, 0.25) is 5.91 Å². The molecule has 1 saturated carbocycles. The molecule has 2 aromatic rings. The average Bonchev–Trinajstić information content (AvgIpc) is 3.01. The van der Waals surface area contributed by atoms with Crippen molar-refractivity contribution < 1.29 is 43.6 Å². The zero-order valence-electron chi connectivity index (χ0n) is 25.3. The average molecular weight is 614 g/mol. The van der Waals surface area contributed by atoms with E-state index in [1.165, 1.54) is 58.5 Å². The van der Waals surface area contributed by atoms with Crippen LogP contribution in [0.1, 0.15) is 60.9 Å². The van der Waals surface area contributed by atoms with Gasteiger partial charge in [-0.2, -0.15) is 0 Å². The molecule has 240 valence electrons. The molecule has 2 aromatic carbocycles. The zero-order chi connectivity index (χ0) is 31.9. The minimum absolute atomic E-state index is 0.0318. The first-order valence-electron chi connectivity index (χ1n) is 14.9. The molecule has 0 bridgehead atoms. The molecule has 0 heterocycles. The van der Waals surface area contributed by atoms with E-state index in [1.54, 1.807) is 0 Å². The summed E-state index contributed by atoms with van der Waals surface area (Å²) in [4.78, 5) is 48.8. The smallest absolute Gasteiger partial charge is 0.326 e. The lowest BCUT2D eigenvalue weighted by atomic mass is 9.87. The van der Waals surface area contributed by atoms with E-state index in [0.29, 0.717) is 12.3 Å². The molecule has 0 radical (unpaired) electrons. The second kappa shape index (κ2) is 17.7. The third kappa shape index (κ3) is 11.1. The van der Waals surface area contributed by atoms with Crippen molar-refractivity contribution in [1.82, 2.24) is 16.0 Å². The maximum atomic E-state index is 13.2. The molecule has 44 heavy (non-hydrogen) atoms. The van der Waals surface area contributed by atoms with Crippen LogP contribution >= 0.6 is 0 Å². The highest BCUT2D eigenvalue weighted by Gasteiger charge is 2.27. The number of ether oxygens (including phenoxy) is 3. The Hall–Kier alpha value is -4.32. The third-order valence-electron chi connectivity index (χ3n) is 7.58. The van der Waals surface area contributed by atoms with Gasteiger partial charge in [0, 0.05) is 12.1 Å². The second-order valence-electron chi connectivity index (χ2n) is 10.9. The van der Waals surface area contributed by atoms with E-state index in [4.69, 9.17) is 19.3 Å². The fourth-order valence-electron chi connectivity index (χ4n) is 5.27. The van der Waals surface area contributed by atoms with Gasteiger partial charge in [0.15, 0.2) is 11.5 Å². The van der Waals surface area contributed by atoms with Gasteiger partial charge in [-0.1, -0.05) is 62.4 Å². The molecular formula is C32H43N3O9. The van der Waals surface area contributed by atoms with E-state index in [1.807, 2.05) is 30.3 Å². The summed E-state index contributed by atoms with van der Waals surface area (Å²) >= 11 is 0. The van der Waals surface area contributed by atoms with Crippen molar-refractivity contribution in [2.24, 2.45) is 5.92 Å². The summed E-state index contributed by atoms with van der Waals surface area (Å²) in [7, 11) is 2.79. The number of carbonyl (C=O) groups is 4. The monoisotopic (exact) mass is 613 g/mol.